The van der Waals surface area contributed by atoms with Crippen LogP contribution in [0.5, 0.6) is 0 Å². The van der Waals surface area contributed by atoms with Crippen molar-refractivity contribution in [3.63, 3.8) is 0 Å². The van der Waals surface area contributed by atoms with Crippen LogP contribution in [-0.4, -0.2) is 24.0 Å². The molecule has 3 aromatic carbocycles. The van der Waals surface area contributed by atoms with Gasteiger partial charge >= 0.3 is 0 Å². The SMILES string of the molecule is O=C1CCCN1[C@@H](c1ccc(F)cc1)[C@H](OCC1CC1)c1cccc2ccccc12. The van der Waals surface area contributed by atoms with Crippen LogP contribution in [0.4, 0.5) is 4.39 Å². The Kier molecular flexibility index (Phi) is 5.26. The largest absolute Gasteiger partial charge is 0.371 e. The summed E-state index contributed by atoms with van der Waals surface area (Å²) in [5, 5.41) is 2.29. The number of ether oxygens (including phenoxy) is 1. The fourth-order valence-corrected chi connectivity index (χ4v) is 4.52. The third-order valence-electron chi connectivity index (χ3n) is 6.28. The van der Waals surface area contributed by atoms with Crippen molar-refractivity contribution < 1.29 is 13.9 Å². The van der Waals surface area contributed by atoms with Gasteiger partial charge in [-0.05, 0) is 59.2 Å². The molecule has 0 bridgehead atoms. The van der Waals surface area contributed by atoms with E-state index in [0.717, 1.165) is 28.3 Å². The second-order valence-corrected chi connectivity index (χ2v) is 8.45. The Hall–Kier alpha value is -2.72. The Morgan fingerprint density at radius 2 is 1.77 bits per heavy atom. The third kappa shape index (κ3) is 3.84. The molecule has 0 unspecified atom stereocenters. The van der Waals surface area contributed by atoms with Gasteiger partial charge in [-0.1, -0.05) is 54.6 Å². The van der Waals surface area contributed by atoms with Gasteiger partial charge in [-0.25, -0.2) is 4.39 Å². The molecular weight excluding hydrogens is 377 g/mol. The molecule has 1 saturated heterocycles. The summed E-state index contributed by atoms with van der Waals surface area (Å²) in [6.07, 6.45) is 3.51. The van der Waals surface area contributed by atoms with Crippen LogP contribution in [-0.2, 0) is 9.53 Å². The Morgan fingerprint density at radius 1 is 1.00 bits per heavy atom. The van der Waals surface area contributed by atoms with Gasteiger partial charge in [0.2, 0.25) is 5.91 Å². The van der Waals surface area contributed by atoms with Crippen molar-refractivity contribution in [2.45, 2.75) is 37.8 Å². The molecule has 1 saturated carbocycles. The van der Waals surface area contributed by atoms with E-state index >= 15 is 0 Å². The number of benzene rings is 3. The highest BCUT2D eigenvalue weighted by Gasteiger charge is 2.38. The van der Waals surface area contributed by atoms with Crippen molar-refractivity contribution in [2.24, 2.45) is 5.92 Å². The molecular formula is C26H26FNO2. The summed E-state index contributed by atoms with van der Waals surface area (Å²) in [4.78, 5) is 14.7. The normalized spacial score (nSPS) is 18.7. The standard InChI is InChI=1S/C26H26FNO2/c27-21-14-12-20(13-15-21)25(28-16-4-9-24(28)29)26(30-17-18-10-11-18)23-8-3-6-19-5-1-2-7-22(19)23/h1-3,5-8,12-15,18,25-26H,4,9-11,16-17H2/t25-,26+/m0/s1. The van der Waals surface area contributed by atoms with Gasteiger partial charge in [0.25, 0.3) is 0 Å². The molecule has 0 spiro atoms. The van der Waals surface area contributed by atoms with Gasteiger partial charge in [0.1, 0.15) is 11.9 Å². The number of carbonyl (C=O) groups is 1. The topological polar surface area (TPSA) is 29.5 Å². The zero-order valence-electron chi connectivity index (χ0n) is 17.0. The van der Waals surface area contributed by atoms with Crippen LogP contribution in [0.25, 0.3) is 10.8 Å². The van der Waals surface area contributed by atoms with Crippen LogP contribution in [0.3, 0.4) is 0 Å². The number of hydrogen-bond acceptors (Lipinski definition) is 2. The van der Waals surface area contributed by atoms with Crippen molar-refractivity contribution in [2.75, 3.05) is 13.2 Å². The molecule has 1 aliphatic heterocycles. The predicted molar refractivity (Wildman–Crippen MR) is 115 cm³/mol. The average Bonchev–Trinajstić information content (AvgIpc) is 3.51. The van der Waals surface area contributed by atoms with E-state index in [2.05, 4.69) is 30.3 Å². The van der Waals surface area contributed by atoms with Crippen molar-refractivity contribution in [3.05, 3.63) is 83.7 Å². The van der Waals surface area contributed by atoms with Crippen LogP contribution >= 0.6 is 0 Å². The van der Waals surface area contributed by atoms with Crippen LogP contribution in [0.2, 0.25) is 0 Å². The van der Waals surface area contributed by atoms with Gasteiger partial charge in [-0.15, -0.1) is 0 Å². The van der Waals surface area contributed by atoms with E-state index in [1.807, 2.05) is 17.0 Å². The molecule has 5 rings (SSSR count). The number of amides is 1. The number of fused-ring (bicyclic) bond motifs is 1. The van der Waals surface area contributed by atoms with Crippen molar-refractivity contribution in [3.8, 4) is 0 Å². The number of likely N-dealkylation sites (tertiary alicyclic amines) is 1. The summed E-state index contributed by atoms with van der Waals surface area (Å²) in [5.74, 6) is 0.473. The second kappa shape index (κ2) is 8.19. The van der Waals surface area contributed by atoms with E-state index in [-0.39, 0.29) is 23.9 Å². The van der Waals surface area contributed by atoms with Crippen LogP contribution in [0, 0.1) is 11.7 Å². The smallest absolute Gasteiger partial charge is 0.223 e. The lowest BCUT2D eigenvalue weighted by Crippen LogP contribution is -2.35. The van der Waals surface area contributed by atoms with E-state index in [4.69, 9.17) is 4.74 Å². The Labute approximate surface area is 176 Å². The van der Waals surface area contributed by atoms with Gasteiger partial charge in [0, 0.05) is 13.0 Å². The highest BCUT2D eigenvalue weighted by molar-refractivity contribution is 5.86. The monoisotopic (exact) mass is 403 g/mol. The summed E-state index contributed by atoms with van der Waals surface area (Å²) in [6.45, 7) is 1.39. The first-order valence-corrected chi connectivity index (χ1v) is 10.8. The average molecular weight is 403 g/mol. The summed E-state index contributed by atoms with van der Waals surface area (Å²) < 4.78 is 20.3. The molecule has 2 atom stereocenters. The Bertz CT molecular complexity index is 1040. The molecule has 3 aromatic rings. The van der Waals surface area contributed by atoms with Gasteiger partial charge < -0.3 is 9.64 Å². The number of carbonyl (C=O) groups excluding carboxylic acids is 1. The minimum absolute atomic E-state index is 0.143. The molecule has 0 radical (unpaired) electrons. The fraction of sp³-hybridized carbons (Fsp3) is 0.346. The molecule has 2 aliphatic rings. The van der Waals surface area contributed by atoms with Gasteiger partial charge in [0.15, 0.2) is 0 Å². The summed E-state index contributed by atoms with van der Waals surface area (Å²) in [5.41, 5.74) is 2.00. The quantitative estimate of drug-likeness (QED) is 0.498. The molecule has 0 N–H and O–H groups in total. The van der Waals surface area contributed by atoms with Gasteiger partial charge in [-0.3, -0.25) is 4.79 Å². The molecule has 30 heavy (non-hydrogen) atoms. The van der Waals surface area contributed by atoms with Gasteiger partial charge in [-0.2, -0.15) is 0 Å². The first-order chi connectivity index (χ1) is 14.7. The van der Waals surface area contributed by atoms with E-state index in [1.165, 1.54) is 25.0 Å². The molecule has 1 amide bonds. The minimum Gasteiger partial charge on any atom is -0.371 e. The summed E-state index contributed by atoms with van der Waals surface area (Å²) in [7, 11) is 0. The van der Waals surface area contributed by atoms with Gasteiger partial charge in [0.05, 0.1) is 12.6 Å². The van der Waals surface area contributed by atoms with E-state index in [9.17, 15) is 9.18 Å². The van der Waals surface area contributed by atoms with Crippen LogP contribution in [0.15, 0.2) is 66.7 Å². The number of hydrogen-bond donors (Lipinski definition) is 0. The molecule has 3 nitrogen and oxygen atoms in total. The zero-order chi connectivity index (χ0) is 20.5. The number of nitrogens with zero attached hydrogens (tertiary/aromatic N) is 1. The second-order valence-electron chi connectivity index (χ2n) is 8.45. The fourth-order valence-electron chi connectivity index (χ4n) is 4.52. The minimum atomic E-state index is -0.302. The highest BCUT2D eigenvalue weighted by Crippen LogP contribution is 2.43. The van der Waals surface area contributed by atoms with E-state index in [1.54, 1.807) is 12.1 Å². The van der Waals surface area contributed by atoms with Crippen LogP contribution < -0.4 is 0 Å². The lowest BCUT2D eigenvalue weighted by Gasteiger charge is -2.36. The maximum absolute atomic E-state index is 13.7. The third-order valence-corrected chi connectivity index (χ3v) is 6.28. The molecule has 2 fully saturated rings. The summed E-state index contributed by atoms with van der Waals surface area (Å²) >= 11 is 0. The lowest BCUT2D eigenvalue weighted by atomic mass is 9.91. The Balaban J connectivity index is 1.63. The molecule has 0 aromatic heterocycles. The number of rotatable bonds is 7. The zero-order valence-corrected chi connectivity index (χ0v) is 17.0. The van der Waals surface area contributed by atoms with Crippen molar-refractivity contribution in [1.29, 1.82) is 0 Å². The lowest BCUT2D eigenvalue weighted by molar-refractivity contribution is -0.133. The molecule has 1 heterocycles. The van der Waals surface area contributed by atoms with Crippen molar-refractivity contribution in [1.82, 2.24) is 4.90 Å². The highest BCUT2D eigenvalue weighted by atomic mass is 19.1. The Morgan fingerprint density at radius 3 is 2.50 bits per heavy atom. The first-order valence-electron chi connectivity index (χ1n) is 10.8. The maximum Gasteiger partial charge on any atom is 0.223 e. The van der Waals surface area contributed by atoms with Crippen LogP contribution in [0.1, 0.15) is 49.0 Å². The first kappa shape index (κ1) is 19.3. The maximum atomic E-state index is 13.7. The molecule has 154 valence electrons. The molecule has 4 heteroatoms. The predicted octanol–water partition coefficient (Wildman–Crippen LogP) is 5.81. The van der Waals surface area contributed by atoms with E-state index < -0.39 is 0 Å². The van der Waals surface area contributed by atoms with E-state index in [0.29, 0.717) is 25.5 Å². The molecule has 1 aliphatic carbocycles. The number of halogens is 1. The summed E-state index contributed by atoms with van der Waals surface area (Å²) in [6, 6.07) is 20.8. The van der Waals surface area contributed by atoms with Crippen molar-refractivity contribution >= 4 is 16.7 Å².